The molecule has 0 bridgehead atoms. The van der Waals surface area contributed by atoms with Crippen molar-refractivity contribution in [2.75, 3.05) is 0 Å². The van der Waals surface area contributed by atoms with E-state index < -0.39 is 0 Å². The van der Waals surface area contributed by atoms with Crippen LogP contribution in [0, 0.1) is 69.2 Å². The lowest BCUT2D eigenvalue weighted by Gasteiger charge is -2.22. The molecule has 15 aromatic rings. The van der Waals surface area contributed by atoms with Gasteiger partial charge in [0, 0.05) is 101 Å². The van der Waals surface area contributed by atoms with Crippen molar-refractivity contribution in [1.29, 1.82) is 0 Å². The van der Waals surface area contributed by atoms with Crippen LogP contribution in [-0.2, 0) is 27.1 Å². The highest BCUT2D eigenvalue weighted by molar-refractivity contribution is 7.26. The van der Waals surface area contributed by atoms with Crippen molar-refractivity contribution < 1.29 is 4.42 Å². The van der Waals surface area contributed by atoms with Crippen molar-refractivity contribution in [3.8, 4) is 0 Å². The first kappa shape index (κ1) is 68.9. The highest BCUT2D eigenvalue weighted by Gasteiger charge is 2.25. The van der Waals surface area contributed by atoms with Gasteiger partial charge in [0.25, 0.3) is 0 Å². The molecule has 5 aromatic carbocycles. The molecule has 0 aliphatic rings. The third-order valence-electron chi connectivity index (χ3n) is 18.3. The molecule has 0 saturated heterocycles. The smallest absolute Gasteiger partial charge is 0.227 e. The van der Waals surface area contributed by atoms with Crippen LogP contribution in [-0.4, -0.2) is 24.9 Å². The zero-order valence-corrected chi connectivity index (χ0v) is 64.1. The number of aryl methyl sites for hydroxylation is 10. The first-order valence-corrected chi connectivity index (χ1v) is 36.6. The lowest BCUT2D eigenvalue weighted by molar-refractivity contribution is 0.582. The molecule has 0 amide bonds. The van der Waals surface area contributed by atoms with E-state index in [1.54, 1.807) is 22.7 Å². The van der Waals surface area contributed by atoms with E-state index in [0.717, 1.165) is 69.9 Å². The molecule has 10 heterocycles. The van der Waals surface area contributed by atoms with Crippen molar-refractivity contribution in [1.82, 2.24) is 24.9 Å². The second-order valence-corrected chi connectivity index (χ2v) is 35.5. The van der Waals surface area contributed by atoms with E-state index in [-0.39, 0.29) is 27.1 Å². The van der Waals surface area contributed by atoms with Gasteiger partial charge in [-0.3, -0.25) is 0 Å². The number of aromatic nitrogens is 5. The first-order chi connectivity index (χ1) is 44.3. The third-order valence-corrected chi connectivity index (χ3v) is 22.8. The maximum atomic E-state index is 5.99. The van der Waals surface area contributed by atoms with Crippen molar-refractivity contribution >= 4 is 149 Å². The van der Waals surface area contributed by atoms with Gasteiger partial charge in [-0.05, 0) is 237 Å². The molecule has 0 aliphatic heterocycles. The molecule has 10 heteroatoms. The number of nitrogens with zero attached hydrogens (tertiary/aromatic N) is 5. The topological polar surface area (TPSA) is 77.6 Å². The molecule has 0 fully saturated rings. The van der Waals surface area contributed by atoms with Crippen LogP contribution in [0.2, 0.25) is 0 Å². The van der Waals surface area contributed by atoms with Gasteiger partial charge in [-0.25, -0.2) is 24.9 Å². The van der Waals surface area contributed by atoms with E-state index in [2.05, 4.69) is 306 Å². The van der Waals surface area contributed by atoms with E-state index in [1.165, 1.54) is 118 Å². The van der Waals surface area contributed by atoms with Crippen LogP contribution in [0.1, 0.15) is 188 Å². The quantitative estimate of drug-likeness (QED) is 0.151. The minimum atomic E-state index is 0.126. The summed E-state index contributed by atoms with van der Waals surface area (Å²) >= 11 is 7.26. The van der Waals surface area contributed by atoms with Crippen LogP contribution in [0.4, 0.5) is 0 Å². The third kappa shape index (κ3) is 13.9. The molecule has 0 radical (unpaired) electrons. The molecule has 10 aromatic heterocycles. The Morgan fingerprint density at radius 1 is 0.274 bits per heavy atom. The van der Waals surface area contributed by atoms with Crippen molar-refractivity contribution in [3.05, 3.63) is 205 Å². The van der Waals surface area contributed by atoms with E-state index >= 15 is 0 Å². The Hall–Kier alpha value is -7.47. The first-order valence-electron chi connectivity index (χ1n) is 33.4. The molecular weight excluding hydrogens is 1240 g/mol. The number of benzene rings is 5. The van der Waals surface area contributed by atoms with Gasteiger partial charge >= 0.3 is 0 Å². The fraction of sp³-hybridized carbons (Fsp3) is 0.353. The minimum Gasteiger partial charge on any atom is -0.437 e. The summed E-state index contributed by atoms with van der Waals surface area (Å²) in [4.78, 5) is 27.8. The van der Waals surface area contributed by atoms with E-state index in [9.17, 15) is 0 Å². The summed E-state index contributed by atoms with van der Waals surface area (Å²) in [6.45, 7) is 55.2. The summed E-state index contributed by atoms with van der Waals surface area (Å²) in [6, 6.07) is 44.1. The van der Waals surface area contributed by atoms with Gasteiger partial charge in [0.15, 0.2) is 0 Å². The molecule has 0 saturated carbocycles. The Labute approximate surface area is 579 Å². The van der Waals surface area contributed by atoms with Gasteiger partial charge in [-0.15, -0.1) is 45.3 Å². The van der Waals surface area contributed by atoms with Crippen LogP contribution < -0.4 is 0 Å². The predicted molar refractivity (Wildman–Crippen MR) is 421 cm³/mol. The zero-order chi connectivity index (χ0) is 68.9. The predicted octanol–water partition coefficient (Wildman–Crippen LogP) is 26.4. The summed E-state index contributed by atoms with van der Waals surface area (Å²) in [5.74, 6) is 0. The molecule has 0 N–H and O–H groups in total. The van der Waals surface area contributed by atoms with E-state index in [4.69, 9.17) is 4.42 Å². The largest absolute Gasteiger partial charge is 0.437 e. The van der Waals surface area contributed by atoms with Crippen molar-refractivity contribution in [2.24, 2.45) is 0 Å². The number of fused-ring (bicyclic) bond motifs is 15. The van der Waals surface area contributed by atoms with Crippen LogP contribution in [0.5, 0.6) is 0 Å². The van der Waals surface area contributed by atoms with Gasteiger partial charge in [-0.2, -0.15) is 0 Å². The number of rotatable bonds is 0. The van der Waals surface area contributed by atoms with Crippen LogP contribution in [0.25, 0.3) is 103 Å². The average molecular weight is 1330 g/mol. The molecular formula is C85H95N5OS4. The van der Waals surface area contributed by atoms with Gasteiger partial charge in [0.05, 0.1) is 0 Å². The average Bonchev–Trinajstić information content (AvgIpc) is 1.67. The lowest BCUT2D eigenvalue weighted by Crippen LogP contribution is -2.13. The summed E-state index contributed by atoms with van der Waals surface area (Å²) in [6.07, 6.45) is 0. The molecule has 6 nitrogen and oxygen atoms in total. The second kappa shape index (κ2) is 25.5. The number of pyridine rings is 5. The molecule has 95 heavy (non-hydrogen) atoms. The molecule has 0 unspecified atom stereocenters. The Morgan fingerprint density at radius 2 is 0.632 bits per heavy atom. The number of thiophene rings is 4. The SMILES string of the molecule is Cc1ccc2c(n1)oc1c(C)c(C(C)(C)C)ccc12.Cc1ccc2c(n1)sc1c(C(C)(C)C)c(C)ccc12.Cc1ccc2c(n1)sc1c(C)c(C(C)(C)C)ccc12.Cc1ccc2c(n1)sc1cc(C(C)(C)C)c(C)cc12.Cc1ccc2c(n1)sc1cc(C)c(C(C)(C)C)cc12. The van der Waals surface area contributed by atoms with Crippen LogP contribution in [0.15, 0.2) is 126 Å². The fourth-order valence-electron chi connectivity index (χ4n) is 13.8. The lowest BCUT2D eigenvalue weighted by atomic mass is 9.83. The highest BCUT2D eigenvalue weighted by atomic mass is 32.1. The Balaban J connectivity index is 0.000000121. The summed E-state index contributed by atoms with van der Waals surface area (Å²) in [5, 5.41) is 12.8. The van der Waals surface area contributed by atoms with Gasteiger partial charge in [0.1, 0.15) is 24.9 Å². The van der Waals surface area contributed by atoms with E-state index in [1.807, 2.05) is 35.7 Å². The molecule has 0 aliphatic carbocycles. The maximum absolute atomic E-state index is 5.99. The van der Waals surface area contributed by atoms with Crippen LogP contribution >= 0.6 is 45.3 Å². The van der Waals surface area contributed by atoms with Crippen molar-refractivity contribution in [3.63, 3.8) is 0 Å². The molecule has 0 atom stereocenters. The fourth-order valence-corrected chi connectivity index (χ4v) is 18.9. The zero-order valence-electron chi connectivity index (χ0n) is 60.8. The normalized spacial score (nSPS) is 12.5. The Morgan fingerprint density at radius 3 is 1.12 bits per heavy atom. The monoisotopic (exact) mass is 1330 g/mol. The number of hydrogen-bond acceptors (Lipinski definition) is 10. The second-order valence-electron chi connectivity index (χ2n) is 31.5. The Kier molecular flexibility index (Phi) is 18.5. The van der Waals surface area contributed by atoms with Crippen LogP contribution in [0.3, 0.4) is 0 Å². The van der Waals surface area contributed by atoms with Gasteiger partial charge in [-0.1, -0.05) is 140 Å². The summed E-state index contributed by atoms with van der Waals surface area (Å²) in [7, 11) is 0. The molecule has 0 spiro atoms. The maximum Gasteiger partial charge on any atom is 0.227 e. The standard InChI is InChI=1S/C17H19NO.4C17H19NS/c1-10-6-7-13-12-8-9-14(17(3,4)5)11(2)15(12)19-16(13)18-10;1-10-6-8-12-13-9-7-11(2)18-16(13)19-15(12)14(10)17(3,4)5;1-10-8-15-13(9-14(10)17(3,4)5)12-7-6-11(2)18-16(12)19-15;1-10-8-13-12-7-6-11(2)18-16(12)19-15(13)9-14(10)17(3,4)5;1-10-6-7-13-12-8-9-14(17(3,4)5)11(2)15(12)19-16(13)18-10/h5*6-9H,1-5H3. The summed E-state index contributed by atoms with van der Waals surface area (Å²) in [5.41, 5.74) is 21.8. The summed E-state index contributed by atoms with van der Waals surface area (Å²) < 4.78 is 11.5. The number of hydrogen-bond donors (Lipinski definition) is 0. The van der Waals surface area contributed by atoms with Gasteiger partial charge in [0.2, 0.25) is 5.71 Å². The van der Waals surface area contributed by atoms with Crippen molar-refractivity contribution in [2.45, 2.75) is 200 Å². The Bertz CT molecular complexity index is 5270. The minimum absolute atomic E-state index is 0.126. The van der Waals surface area contributed by atoms with Gasteiger partial charge < -0.3 is 4.42 Å². The van der Waals surface area contributed by atoms with E-state index in [0.29, 0.717) is 0 Å². The highest BCUT2D eigenvalue weighted by Crippen LogP contribution is 2.44. The number of furan rings is 1. The molecule has 490 valence electrons. The molecule has 15 rings (SSSR count).